The van der Waals surface area contributed by atoms with Gasteiger partial charge in [-0.05, 0) is 55.7 Å². The van der Waals surface area contributed by atoms with Gasteiger partial charge >= 0.3 is 0 Å². The van der Waals surface area contributed by atoms with E-state index >= 15 is 0 Å². The van der Waals surface area contributed by atoms with Gasteiger partial charge in [0.2, 0.25) is 0 Å². The van der Waals surface area contributed by atoms with Gasteiger partial charge < -0.3 is 14.4 Å². The van der Waals surface area contributed by atoms with Gasteiger partial charge in [-0.25, -0.2) is 4.39 Å². The summed E-state index contributed by atoms with van der Waals surface area (Å²) >= 11 is 0. The maximum absolute atomic E-state index is 13.4. The molecule has 0 saturated heterocycles. The summed E-state index contributed by atoms with van der Waals surface area (Å²) in [6, 6.07) is 13.6. The average molecular weight is 426 g/mol. The van der Waals surface area contributed by atoms with Gasteiger partial charge in [0.25, 0.3) is 5.91 Å². The zero-order valence-corrected chi connectivity index (χ0v) is 18.2. The molecule has 1 amide bonds. The summed E-state index contributed by atoms with van der Waals surface area (Å²) in [5.41, 5.74) is 3.10. The standard InChI is InChI=1S/C24H28FN3O3/c1-28(24(29)18-11-12-22(30-2)23(15-18)31-3)13-6-4-5-10-20-16-21(27-26-20)17-8-7-9-19(25)14-17/h7-9,11-12,14-16H,4-6,10,13H2,1-3H3,(H,26,27). The van der Waals surface area contributed by atoms with E-state index in [4.69, 9.17) is 9.47 Å². The number of aromatic nitrogens is 2. The molecule has 164 valence electrons. The Kier molecular flexibility index (Phi) is 7.65. The van der Waals surface area contributed by atoms with E-state index in [-0.39, 0.29) is 11.7 Å². The third-order valence-corrected chi connectivity index (χ3v) is 5.17. The Bertz CT molecular complexity index is 1020. The molecule has 1 heterocycles. The molecule has 31 heavy (non-hydrogen) atoms. The van der Waals surface area contributed by atoms with Crippen molar-refractivity contribution in [1.82, 2.24) is 15.1 Å². The number of carbonyl (C=O) groups excluding carboxylic acids is 1. The number of aromatic amines is 1. The van der Waals surface area contributed by atoms with Gasteiger partial charge in [0.1, 0.15) is 5.82 Å². The van der Waals surface area contributed by atoms with Crippen LogP contribution in [0.1, 0.15) is 35.3 Å². The van der Waals surface area contributed by atoms with Crippen LogP contribution in [0, 0.1) is 5.82 Å². The number of amides is 1. The summed E-state index contributed by atoms with van der Waals surface area (Å²) in [6.45, 7) is 0.671. The number of nitrogens with one attached hydrogen (secondary N) is 1. The number of H-pyrrole nitrogens is 1. The SMILES string of the molecule is COc1ccc(C(=O)N(C)CCCCCc2cc(-c3cccc(F)c3)n[nH]2)cc1OC. The van der Waals surface area contributed by atoms with Gasteiger partial charge in [0, 0.05) is 30.4 Å². The number of rotatable bonds is 10. The van der Waals surface area contributed by atoms with E-state index in [1.165, 1.54) is 12.1 Å². The highest BCUT2D eigenvalue weighted by Crippen LogP contribution is 2.28. The Morgan fingerprint density at radius 2 is 1.84 bits per heavy atom. The topological polar surface area (TPSA) is 67.5 Å². The Hall–Kier alpha value is -3.35. The summed E-state index contributed by atoms with van der Waals surface area (Å²) in [4.78, 5) is 14.4. The Morgan fingerprint density at radius 3 is 2.58 bits per heavy atom. The number of ether oxygens (including phenoxy) is 2. The number of hydrogen-bond acceptors (Lipinski definition) is 4. The van der Waals surface area contributed by atoms with Crippen molar-refractivity contribution in [2.75, 3.05) is 27.8 Å². The predicted molar refractivity (Wildman–Crippen MR) is 118 cm³/mol. The second kappa shape index (κ2) is 10.6. The first-order valence-electron chi connectivity index (χ1n) is 10.3. The monoisotopic (exact) mass is 425 g/mol. The van der Waals surface area contributed by atoms with E-state index in [0.29, 0.717) is 23.6 Å². The van der Waals surface area contributed by atoms with Crippen molar-refractivity contribution >= 4 is 5.91 Å². The lowest BCUT2D eigenvalue weighted by Gasteiger charge is -2.18. The van der Waals surface area contributed by atoms with Crippen LogP contribution in [0.5, 0.6) is 11.5 Å². The highest BCUT2D eigenvalue weighted by atomic mass is 19.1. The molecule has 1 N–H and O–H groups in total. The molecule has 0 aliphatic carbocycles. The maximum atomic E-state index is 13.4. The first-order chi connectivity index (χ1) is 15.0. The first-order valence-corrected chi connectivity index (χ1v) is 10.3. The van der Waals surface area contributed by atoms with Gasteiger partial charge in [-0.1, -0.05) is 18.6 Å². The summed E-state index contributed by atoms with van der Waals surface area (Å²) in [5.74, 6) is 0.822. The molecule has 0 aliphatic rings. The molecule has 3 rings (SSSR count). The lowest BCUT2D eigenvalue weighted by atomic mass is 10.1. The van der Waals surface area contributed by atoms with Crippen LogP contribution in [0.15, 0.2) is 48.5 Å². The molecule has 1 aromatic heterocycles. The van der Waals surface area contributed by atoms with Crippen LogP contribution in [-0.4, -0.2) is 48.8 Å². The number of carbonyl (C=O) groups is 1. The molecular weight excluding hydrogens is 397 g/mol. The minimum atomic E-state index is -0.270. The fourth-order valence-electron chi connectivity index (χ4n) is 3.42. The zero-order valence-electron chi connectivity index (χ0n) is 18.2. The molecule has 0 fully saturated rings. The lowest BCUT2D eigenvalue weighted by molar-refractivity contribution is 0.0792. The predicted octanol–water partition coefficient (Wildman–Crippen LogP) is 4.72. The van der Waals surface area contributed by atoms with Crippen LogP contribution in [0.2, 0.25) is 0 Å². The van der Waals surface area contributed by atoms with E-state index in [1.807, 2.05) is 12.1 Å². The van der Waals surface area contributed by atoms with Gasteiger partial charge in [0.05, 0.1) is 19.9 Å². The molecule has 0 radical (unpaired) electrons. The van der Waals surface area contributed by atoms with Crippen molar-refractivity contribution < 1.29 is 18.7 Å². The normalized spacial score (nSPS) is 10.7. The molecule has 0 saturated carbocycles. The van der Waals surface area contributed by atoms with Crippen molar-refractivity contribution in [2.45, 2.75) is 25.7 Å². The van der Waals surface area contributed by atoms with Gasteiger partial charge in [0.15, 0.2) is 11.5 Å². The molecule has 0 aliphatic heterocycles. The maximum Gasteiger partial charge on any atom is 0.253 e. The summed E-state index contributed by atoms with van der Waals surface area (Å²) in [6.07, 6.45) is 3.72. The second-order valence-corrected chi connectivity index (χ2v) is 7.40. The molecule has 3 aromatic rings. The van der Waals surface area contributed by atoms with Crippen LogP contribution in [0.3, 0.4) is 0 Å². The largest absolute Gasteiger partial charge is 0.493 e. The van der Waals surface area contributed by atoms with Crippen molar-refractivity contribution in [3.8, 4) is 22.8 Å². The number of aryl methyl sites for hydroxylation is 1. The highest BCUT2D eigenvalue weighted by molar-refractivity contribution is 5.94. The van der Waals surface area contributed by atoms with Crippen molar-refractivity contribution in [3.63, 3.8) is 0 Å². The van der Waals surface area contributed by atoms with Crippen LogP contribution in [0.25, 0.3) is 11.3 Å². The van der Waals surface area contributed by atoms with E-state index in [1.54, 1.807) is 50.4 Å². The van der Waals surface area contributed by atoms with E-state index in [0.717, 1.165) is 42.6 Å². The minimum Gasteiger partial charge on any atom is -0.493 e. The highest BCUT2D eigenvalue weighted by Gasteiger charge is 2.14. The number of nitrogens with zero attached hydrogens (tertiary/aromatic N) is 2. The first kappa shape index (κ1) is 22.3. The Morgan fingerprint density at radius 1 is 1.03 bits per heavy atom. The summed E-state index contributed by atoms with van der Waals surface area (Å²) in [5, 5.41) is 7.30. The number of methoxy groups -OCH3 is 2. The third-order valence-electron chi connectivity index (χ3n) is 5.17. The van der Waals surface area contributed by atoms with Crippen LogP contribution in [-0.2, 0) is 6.42 Å². The minimum absolute atomic E-state index is 0.0470. The molecule has 7 heteroatoms. The van der Waals surface area contributed by atoms with E-state index < -0.39 is 0 Å². The fourth-order valence-corrected chi connectivity index (χ4v) is 3.42. The van der Waals surface area contributed by atoms with Gasteiger partial charge in [-0.2, -0.15) is 5.10 Å². The van der Waals surface area contributed by atoms with Crippen molar-refractivity contribution in [2.24, 2.45) is 0 Å². The zero-order chi connectivity index (χ0) is 22.2. The Labute approximate surface area is 182 Å². The molecule has 6 nitrogen and oxygen atoms in total. The quantitative estimate of drug-likeness (QED) is 0.478. The fraction of sp³-hybridized carbons (Fsp3) is 0.333. The molecule has 0 unspecified atom stereocenters. The molecule has 0 bridgehead atoms. The number of benzene rings is 2. The van der Waals surface area contributed by atoms with Gasteiger partial charge in [-0.3, -0.25) is 9.89 Å². The Balaban J connectivity index is 1.43. The third kappa shape index (κ3) is 5.84. The summed E-state index contributed by atoms with van der Waals surface area (Å²) < 4.78 is 23.9. The molecule has 2 aromatic carbocycles. The van der Waals surface area contributed by atoms with Crippen molar-refractivity contribution in [3.05, 3.63) is 65.6 Å². The average Bonchev–Trinajstić information content (AvgIpc) is 3.26. The number of hydrogen-bond donors (Lipinski definition) is 1. The molecular formula is C24H28FN3O3. The lowest BCUT2D eigenvalue weighted by Crippen LogP contribution is -2.27. The number of halogens is 1. The van der Waals surface area contributed by atoms with E-state index in [9.17, 15) is 9.18 Å². The number of unbranched alkanes of at least 4 members (excludes halogenated alkanes) is 2. The van der Waals surface area contributed by atoms with Gasteiger partial charge in [-0.15, -0.1) is 0 Å². The molecule has 0 spiro atoms. The second-order valence-electron chi connectivity index (χ2n) is 7.40. The summed E-state index contributed by atoms with van der Waals surface area (Å²) in [7, 11) is 4.92. The van der Waals surface area contributed by atoms with Crippen LogP contribution >= 0.6 is 0 Å². The van der Waals surface area contributed by atoms with E-state index in [2.05, 4.69) is 10.2 Å². The van der Waals surface area contributed by atoms with Crippen molar-refractivity contribution in [1.29, 1.82) is 0 Å². The molecule has 0 atom stereocenters. The van der Waals surface area contributed by atoms with Crippen LogP contribution in [0.4, 0.5) is 4.39 Å². The smallest absolute Gasteiger partial charge is 0.253 e. The van der Waals surface area contributed by atoms with Crippen LogP contribution < -0.4 is 9.47 Å².